The van der Waals surface area contributed by atoms with Crippen LogP contribution in [0.2, 0.25) is 0 Å². The van der Waals surface area contributed by atoms with Gasteiger partial charge in [0.2, 0.25) is 5.88 Å². The van der Waals surface area contributed by atoms with Gasteiger partial charge in [0.25, 0.3) is 5.69 Å². The van der Waals surface area contributed by atoms with Crippen molar-refractivity contribution in [2.45, 2.75) is 13.5 Å². The predicted molar refractivity (Wildman–Crippen MR) is 76.7 cm³/mol. The highest BCUT2D eigenvalue weighted by Gasteiger charge is 2.17. The van der Waals surface area contributed by atoms with Crippen LogP contribution in [0.3, 0.4) is 0 Å². The Hall–Kier alpha value is -1.93. The van der Waals surface area contributed by atoms with Gasteiger partial charge in [0.05, 0.1) is 26.7 Å². The Morgan fingerprint density at radius 3 is 2.85 bits per heavy atom. The van der Waals surface area contributed by atoms with Crippen LogP contribution in [0.5, 0.6) is 11.6 Å². The molecule has 106 valence electrons. The minimum absolute atomic E-state index is 0.0450. The predicted octanol–water partition coefficient (Wildman–Crippen LogP) is 2.65. The van der Waals surface area contributed by atoms with Gasteiger partial charge in [0.1, 0.15) is 0 Å². The Morgan fingerprint density at radius 1 is 1.55 bits per heavy atom. The fourth-order valence-electron chi connectivity index (χ4n) is 1.83. The fraction of sp³-hybridized carbons (Fsp3) is 0.250. The molecule has 0 fully saturated rings. The lowest BCUT2D eigenvalue weighted by atomic mass is 10.2. The van der Waals surface area contributed by atoms with Crippen LogP contribution in [0, 0.1) is 17.0 Å². The van der Waals surface area contributed by atoms with Crippen molar-refractivity contribution in [3.05, 3.63) is 44.0 Å². The summed E-state index contributed by atoms with van der Waals surface area (Å²) in [5.41, 5.74) is 7.18. The van der Waals surface area contributed by atoms with Crippen molar-refractivity contribution in [3.8, 4) is 11.6 Å². The van der Waals surface area contributed by atoms with Crippen molar-refractivity contribution >= 4 is 21.6 Å². The molecule has 1 aromatic heterocycles. The summed E-state index contributed by atoms with van der Waals surface area (Å²) in [6, 6.07) is 4.32. The third kappa shape index (κ3) is 2.66. The Morgan fingerprint density at radius 2 is 2.25 bits per heavy atom. The van der Waals surface area contributed by atoms with E-state index in [0.717, 1.165) is 11.3 Å². The average Bonchev–Trinajstić information content (AvgIpc) is 2.66. The molecule has 0 bridgehead atoms. The Bertz CT molecular complexity index is 669. The maximum Gasteiger partial charge on any atom is 0.273 e. The minimum Gasteiger partial charge on any atom is -0.437 e. The SMILES string of the molecule is Cc1nn(C)c(Oc2cc([N+](=O)[O-])ccc2Br)c1CN. The highest BCUT2D eigenvalue weighted by Crippen LogP contribution is 2.34. The summed E-state index contributed by atoms with van der Waals surface area (Å²) < 4.78 is 7.92. The first-order chi connectivity index (χ1) is 9.43. The normalized spacial score (nSPS) is 10.6. The number of rotatable bonds is 4. The summed E-state index contributed by atoms with van der Waals surface area (Å²) in [6.45, 7) is 2.11. The number of hydrogen-bond acceptors (Lipinski definition) is 5. The molecule has 0 unspecified atom stereocenters. The van der Waals surface area contributed by atoms with Gasteiger partial charge in [-0.25, -0.2) is 4.68 Å². The van der Waals surface area contributed by atoms with E-state index in [1.165, 1.54) is 12.1 Å². The molecule has 0 aliphatic rings. The van der Waals surface area contributed by atoms with Crippen molar-refractivity contribution < 1.29 is 9.66 Å². The van der Waals surface area contributed by atoms with Crippen LogP contribution in [-0.4, -0.2) is 14.7 Å². The molecule has 0 aliphatic carbocycles. The van der Waals surface area contributed by atoms with E-state index < -0.39 is 4.92 Å². The second-order valence-electron chi connectivity index (χ2n) is 4.17. The Kier molecular flexibility index (Phi) is 4.05. The zero-order valence-corrected chi connectivity index (χ0v) is 12.5. The summed E-state index contributed by atoms with van der Waals surface area (Å²) >= 11 is 3.31. The van der Waals surface area contributed by atoms with Gasteiger partial charge < -0.3 is 10.5 Å². The van der Waals surface area contributed by atoms with Gasteiger partial charge in [-0.05, 0) is 28.9 Å². The van der Waals surface area contributed by atoms with Gasteiger partial charge in [-0.3, -0.25) is 10.1 Å². The molecule has 20 heavy (non-hydrogen) atoms. The van der Waals surface area contributed by atoms with Gasteiger partial charge in [-0.1, -0.05) is 0 Å². The number of ether oxygens (including phenoxy) is 1. The van der Waals surface area contributed by atoms with Crippen molar-refractivity contribution in [1.82, 2.24) is 9.78 Å². The molecule has 0 atom stereocenters. The number of nitro groups is 1. The van der Waals surface area contributed by atoms with Gasteiger partial charge >= 0.3 is 0 Å². The first-order valence-electron chi connectivity index (χ1n) is 5.78. The van der Waals surface area contributed by atoms with Gasteiger partial charge in [-0.2, -0.15) is 5.10 Å². The molecule has 7 nitrogen and oxygen atoms in total. The number of nitrogens with zero attached hydrogens (tertiary/aromatic N) is 3. The molecule has 0 radical (unpaired) electrons. The smallest absolute Gasteiger partial charge is 0.273 e. The second kappa shape index (κ2) is 5.59. The monoisotopic (exact) mass is 340 g/mol. The van der Waals surface area contributed by atoms with Crippen molar-refractivity contribution in [2.24, 2.45) is 12.8 Å². The second-order valence-corrected chi connectivity index (χ2v) is 5.03. The minimum atomic E-state index is -0.475. The first-order valence-corrected chi connectivity index (χ1v) is 6.57. The number of aromatic nitrogens is 2. The molecule has 2 N–H and O–H groups in total. The van der Waals surface area contributed by atoms with E-state index >= 15 is 0 Å². The largest absolute Gasteiger partial charge is 0.437 e. The number of non-ortho nitro benzene ring substituents is 1. The van der Waals surface area contributed by atoms with Crippen LogP contribution in [0.15, 0.2) is 22.7 Å². The molecule has 1 aromatic carbocycles. The van der Waals surface area contributed by atoms with Gasteiger partial charge in [-0.15, -0.1) is 0 Å². The molecule has 0 amide bonds. The van der Waals surface area contributed by atoms with Crippen LogP contribution < -0.4 is 10.5 Å². The lowest BCUT2D eigenvalue weighted by Gasteiger charge is -2.09. The van der Waals surface area contributed by atoms with Gasteiger partial charge in [0.15, 0.2) is 5.75 Å². The number of aryl methyl sites for hydroxylation is 2. The topological polar surface area (TPSA) is 96.2 Å². The molecular weight excluding hydrogens is 328 g/mol. The quantitative estimate of drug-likeness (QED) is 0.681. The summed E-state index contributed by atoms with van der Waals surface area (Å²) in [4.78, 5) is 10.3. The molecule has 8 heteroatoms. The van der Waals surface area contributed by atoms with E-state index in [0.29, 0.717) is 16.1 Å². The van der Waals surface area contributed by atoms with E-state index in [2.05, 4.69) is 21.0 Å². The highest BCUT2D eigenvalue weighted by molar-refractivity contribution is 9.10. The third-order valence-electron chi connectivity index (χ3n) is 2.83. The zero-order valence-electron chi connectivity index (χ0n) is 11.0. The van der Waals surface area contributed by atoms with Gasteiger partial charge in [0, 0.05) is 19.7 Å². The summed E-state index contributed by atoms with van der Waals surface area (Å²) in [5, 5.41) is 15.0. The van der Waals surface area contributed by atoms with E-state index in [-0.39, 0.29) is 12.2 Å². The van der Waals surface area contributed by atoms with Crippen LogP contribution in [0.4, 0.5) is 5.69 Å². The Balaban J connectivity index is 2.44. The summed E-state index contributed by atoms with van der Waals surface area (Å²) in [7, 11) is 1.73. The molecule has 0 spiro atoms. The van der Waals surface area contributed by atoms with Crippen LogP contribution >= 0.6 is 15.9 Å². The fourth-order valence-corrected chi connectivity index (χ4v) is 2.16. The van der Waals surface area contributed by atoms with Crippen molar-refractivity contribution in [3.63, 3.8) is 0 Å². The maximum absolute atomic E-state index is 10.8. The summed E-state index contributed by atoms with van der Waals surface area (Å²) in [6.07, 6.45) is 0. The standard InChI is InChI=1S/C12H13BrN4O3/c1-7-9(6-14)12(16(2)15-7)20-11-5-8(17(18)19)3-4-10(11)13/h3-5H,6,14H2,1-2H3. The molecule has 0 saturated heterocycles. The molecule has 1 heterocycles. The first kappa shape index (κ1) is 14.5. The number of halogens is 1. The number of nitro benzene ring substituents is 1. The lowest BCUT2D eigenvalue weighted by Crippen LogP contribution is -2.02. The zero-order chi connectivity index (χ0) is 14.9. The lowest BCUT2D eigenvalue weighted by molar-refractivity contribution is -0.384. The average molecular weight is 341 g/mol. The van der Waals surface area contributed by atoms with Crippen LogP contribution in [0.25, 0.3) is 0 Å². The van der Waals surface area contributed by atoms with Crippen LogP contribution in [-0.2, 0) is 13.6 Å². The molecule has 2 aromatic rings. The van der Waals surface area contributed by atoms with Crippen molar-refractivity contribution in [2.75, 3.05) is 0 Å². The van der Waals surface area contributed by atoms with E-state index in [4.69, 9.17) is 10.5 Å². The van der Waals surface area contributed by atoms with E-state index in [9.17, 15) is 10.1 Å². The van der Waals surface area contributed by atoms with Crippen molar-refractivity contribution in [1.29, 1.82) is 0 Å². The molecule has 0 aliphatic heterocycles. The Labute approximate surface area is 123 Å². The maximum atomic E-state index is 10.8. The summed E-state index contributed by atoms with van der Waals surface area (Å²) in [5.74, 6) is 0.822. The van der Waals surface area contributed by atoms with Crippen LogP contribution in [0.1, 0.15) is 11.3 Å². The molecule has 2 rings (SSSR count). The highest BCUT2D eigenvalue weighted by atomic mass is 79.9. The van der Waals surface area contributed by atoms with E-state index in [1.807, 2.05) is 6.92 Å². The van der Waals surface area contributed by atoms with E-state index in [1.54, 1.807) is 17.8 Å². The number of nitrogens with two attached hydrogens (primary N) is 1. The third-order valence-corrected chi connectivity index (χ3v) is 3.48. The molecular formula is C12H13BrN4O3. The molecule has 0 saturated carbocycles. The number of benzene rings is 1. The number of hydrogen-bond donors (Lipinski definition) is 1.